The molecule has 118 valence electrons. The van der Waals surface area contributed by atoms with Crippen molar-refractivity contribution in [3.63, 3.8) is 0 Å². The second kappa shape index (κ2) is 6.70. The van der Waals surface area contributed by atoms with E-state index in [1.54, 1.807) is 30.3 Å². The summed E-state index contributed by atoms with van der Waals surface area (Å²) in [5.74, 6) is 0.772. The van der Waals surface area contributed by atoms with Crippen molar-refractivity contribution in [2.75, 3.05) is 6.61 Å². The quantitative estimate of drug-likeness (QED) is 0.636. The van der Waals surface area contributed by atoms with Crippen LogP contribution in [-0.4, -0.2) is 29.9 Å². The summed E-state index contributed by atoms with van der Waals surface area (Å²) in [5, 5.41) is 13.5. The van der Waals surface area contributed by atoms with Gasteiger partial charge in [-0.05, 0) is 30.3 Å². The van der Waals surface area contributed by atoms with Crippen molar-refractivity contribution in [1.29, 1.82) is 0 Å². The SMILES string of the molecule is O=C(N/N=C\c1cc(Br)ccc1O)[C@H]1COc2ccccc2O1. The lowest BCUT2D eigenvalue weighted by Gasteiger charge is -2.24. The van der Waals surface area contributed by atoms with E-state index in [-0.39, 0.29) is 12.4 Å². The van der Waals surface area contributed by atoms with Gasteiger partial charge in [0.2, 0.25) is 6.10 Å². The van der Waals surface area contributed by atoms with Crippen LogP contribution in [0.4, 0.5) is 0 Å². The second-order valence-electron chi connectivity index (χ2n) is 4.80. The Morgan fingerprint density at radius 2 is 2.09 bits per heavy atom. The highest BCUT2D eigenvalue weighted by Gasteiger charge is 2.26. The highest BCUT2D eigenvalue weighted by molar-refractivity contribution is 9.10. The number of carbonyl (C=O) groups is 1. The van der Waals surface area contributed by atoms with E-state index in [0.29, 0.717) is 17.1 Å². The van der Waals surface area contributed by atoms with Crippen LogP contribution in [0, 0.1) is 0 Å². The number of nitrogens with one attached hydrogen (secondary N) is 1. The number of fused-ring (bicyclic) bond motifs is 1. The number of ether oxygens (including phenoxy) is 2. The van der Waals surface area contributed by atoms with Crippen LogP contribution in [0.15, 0.2) is 52.0 Å². The lowest BCUT2D eigenvalue weighted by atomic mass is 10.2. The van der Waals surface area contributed by atoms with Crippen molar-refractivity contribution in [2.45, 2.75) is 6.10 Å². The Kier molecular flexibility index (Phi) is 4.47. The van der Waals surface area contributed by atoms with E-state index >= 15 is 0 Å². The molecule has 0 saturated heterocycles. The third kappa shape index (κ3) is 3.62. The predicted molar refractivity (Wildman–Crippen MR) is 87.9 cm³/mol. The number of para-hydroxylation sites is 2. The van der Waals surface area contributed by atoms with Crippen LogP contribution in [0.5, 0.6) is 17.2 Å². The number of hydrogen-bond donors (Lipinski definition) is 2. The number of phenolic OH excluding ortho intramolecular Hbond substituents is 1. The Hall–Kier alpha value is -2.54. The van der Waals surface area contributed by atoms with Crippen LogP contribution < -0.4 is 14.9 Å². The number of hydrogen-bond acceptors (Lipinski definition) is 5. The van der Waals surface area contributed by atoms with Crippen LogP contribution in [0.2, 0.25) is 0 Å². The topological polar surface area (TPSA) is 80.2 Å². The molecule has 1 aliphatic heterocycles. The number of rotatable bonds is 3. The summed E-state index contributed by atoms with van der Waals surface area (Å²) in [6, 6.07) is 12.1. The van der Waals surface area contributed by atoms with Gasteiger partial charge in [0, 0.05) is 10.0 Å². The van der Waals surface area contributed by atoms with E-state index in [9.17, 15) is 9.90 Å². The molecule has 0 radical (unpaired) electrons. The van der Waals surface area contributed by atoms with E-state index in [4.69, 9.17) is 9.47 Å². The number of benzene rings is 2. The van der Waals surface area contributed by atoms with Gasteiger partial charge in [0.05, 0.1) is 6.21 Å². The van der Waals surface area contributed by atoms with Crippen molar-refractivity contribution in [1.82, 2.24) is 5.43 Å². The Morgan fingerprint density at radius 3 is 2.91 bits per heavy atom. The van der Waals surface area contributed by atoms with E-state index in [0.717, 1.165) is 4.47 Å². The van der Waals surface area contributed by atoms with E-state index in [1.807, 2.05) is 6.07 Å². The third-order valence-electron chi connectivity index (χ3n) is 3.17. The van der Waals surface area contributed by atoms with Gasteiger partial charge in [0.25, 0.3) is 5.91 Å². The molecule has 0 aromatic heterocycles. The molecule has 2 aromatic rings. The Labute approximate surface area is 140 Å². The van der Waals surface area contributed by atoms with Crippen molar-refractivity contribution < 1.29 is 19.4 Å². The van der Waals surface area contributed by atoms with Crippen molar-refractivity contribution >= 4 is 28.1 Å². The number of nitrogens with zero attached hydrogens (tertiary/aromatic N) is 1. The molecule has 1 amide bonds. The van der Waals surface area contributed by atoms with Crippen LogP contribution in [0.1, 0.15) is 5.56 Å². The number of phenols is 1. The van der Waals surface area contributed by atoms with Crippen LogP contribution >= 0.6 is 15.9 Å². The van der Waals surface area contributed by atoms with Gasteiger partial charge >= 0.3 is 0 Å². The molecule has 1 atom stereocenters. The van der Waals surface area contributed by atoms with Crippen LogP contribution in [-0.2, 0) is 4.79 Å². The summed E-state index contributed by atoms with van der Waals surface area (Å²) >= 11 is 3.30. The molecule has 0 fully saturated rings. The number of hydrazone groups is 1. The molecule has 1 heterocycles. The van der Waals surface area contributed by atoms with Gasteiger partial charge in [-0.3, -0.25) is 4.79 Å². The monoisotopic (exact) mass is 376 g/mol. The summed E-state index contributed by atoms with van der Waals surface area (Å²) in [6.45, 7) is 0.112. The van der Waals surface area contributed by atoms with Crippen LogP contribution in [0.3, 0.4) is 0 Å². The molecule has 6 nitrogen and oxygen atoms in total. The fraction of sp³-hybridized carbons (Fsp3) is 0.125. The smallest absolute Gasteiger partial charge is 0.284 e. The maximum atomic E-state index is 12.0. The summed E-state index contributed by atoms with van der Waals surface area (Å²) in [7, 11) is 0. The molecular weight excluding hydrogens is 364 g/mol. The maximum absolute atomic E-state index is 12.0. The highest BCUT2D eigenvalue weighted by Crippen LogP contribution is 2.30. The Balaban J connectivity index is 1.62. The molecular formula is C16H13BrN2O4. The second-order valence-corrected chi connectivity index (χ2v) is 5.72. The lowest BCUT2D eigenvalue weighted by molar-refractivity contribution is -0.130. The minimum atomic E-state index is -0.779. The van der Waals surface area contributed by atoms with E-state index < -0.39 is 12.0 Å². The molecule has 2 aromatic carbocycles. The van der Waals surface area contributed by atoms with Crippen molar-refractivity contribution in [3.8, 4) is 17.2 Å². The zero-order valence-corrected chi connectivity index (χ0v) is 13.5. The van der Waals surface area contributed by atoms with Gasteiger partial charge in [0.15, 0.2) is 11.5 Å². The molecule has 0 unspecified atom stereocenters. The van der Waals surface area contributed by atoms with Gasteiger partial charge in [-0.15, -0.1) is 0 Å². The zero-order valence-electron chi connectivity index (χ0n) is 11.9. The molecule has 7 heteroatoms. The van der Waals surface area contributed by atoms with Gasteiger partial charge in [-0.2, -0.15) is 5.10 Å². The third-order valence-corrected chi connectivity index (χ3v) is 3.66. The molecule has 0 aliphatic carbocycles. The first-order valence-corrected chi connectivity index (χ1v) is 7.63. The average molecular weight is 377 g/mol. The molecule has 2 N–H and O–H groups in total. The fourth-order valence-electron chi connectivity index (χ4n) is 2.01. The predicted octanol–water partition coefficient (Wildman–Crippen LogP) is 2.44. The van der Waals surface area contributed by atoms with Crippen molar-refractivity contribution in [2.24, 2.45) is 5.10 Å². The summed E-state index contributed by atoms with van der Waals surface area (Å²) in [6.07, 6.45) is 0.577. The Bertz CT molecular complexity index is 763. The first-order valence-electron chi connectivity index (χ1n) is 6.83. The minimum absolute atomic E-state index is 0.0670. The highest BCUT2D eigenvalue weighted by atomic mass is 79.9. The average Bonchev–Trinajstić information content (AvgIpc) is 2.57. The van der Waals surface area contributed by atoms with Crippen LogP contribution in [0.25, 0.3) is 0 Å². The number of amides is 1. The fourth-order valence-corrected chi connectivity index (χ4v) is 2.39. The van der Waals surface area contributed by atoms with Gasteiger partial charge in [-0.25, -0.2) is 5.43 Å². The molecule has 23 heavy (non-hydrogen) atoms. The number of carbonyl (C=O) groups excluding carboxylic acids is 1. The maximum Gasteiger partial charge on any atom is 0.284 e. The summed E-state index contributed by atoms with van der Waals surface area (Å²) in [4.78, 5) is 12.0. The summed E-state index contributed by atoms with van der Waals surface area (Å²) < 4.78 is 11.8. The van der Waals surface area contributed by atoms with Gasteiger partial charge in [0.1, 0.15) is 12.4 Å². The minimum Gasteiger partial charge on any atom is -0.507 e. The Morgan fingerprint density at radius 1 is 1.30 bits per heavy atom. The largest absolute Gasteiger partial charge is 0.507 e. The van der Waals surface area contributed by atoms with Gasteiger partial charge < -0.3 is 14.6 Å². The zero-order chi connectivity index (χ0) is 16.2. The lowest BCUT2D eigenvalue weighted by Crippen LogP contribution is -2.42. The first kappa shape index (κ1) is 15.4. The first-order chi connectivity index (χ1) is 11.1. The van der Waals surface area contributed by atoms with E-state index in [1.165, 1.54) is 12.3 Å². The normalized spacial score (nSPS) is 16.3. The molecule has 0 saturated carbocycles. The molecule has 3 rings (SSSR count). The van der Waals surface area contributed by atoms with Crippen molar-refractivity contribution in [3.05, 3.63) is 52.5 Å². The number of halogens is 1. The molecule has 0 spiro atoms. The number of aromatic hydroxyl groups is 1. The standard InChI is InChI=1S/C16H13BrN2O4/c17-11-5-6-12(20)10(7-11)8-18-19-16(21)15-9-22-13-3-1-2-4-14(13)23-15/h1-8,15,20H,9H2,(H,19,21)/b18-8-/t15-/m1/s1. The van der Waals surface area contributed by atoms with Gasteiger partial charge in [-0.1, -0.05) is 28.1 Å². The molecule has 0 bridgehead atoms. The van der Waals surface area contributed by atoms with E-state index in [2.05, 4.69) is 26.5 Å². The molecule has 1 aliphatic rings. The summed E-state index contributed by atoms with van der Waals surface area (Å²) in [5.41, 5.74) is 2.86.